The highest BCUT2D eigenvalue weighted by molar-refractivity contribution is 5.62. The van der Waals surface area contributed by atoms with Crippen molar-refractivity contribution in [1.29, 1.82) is 0 Å². The van der Waals surface area contributed by atoms with Gasteiger partial charge in [0.15, 0.2) is 0 Å². The van der Waals surface area contributed by atoms with Crippen molar-refractivity contribution in [2.24, 2.45) is 0 Å². The Hall–Kier alpha value is -1.90. The number of aryl methyl sites for hydroxylation is 1. The Morgan fingerprint density at radius 1 is 1.35 bits per heavy atom. The van der Waals surface area contributed by atoms with Crippen LogP contribution >= 0.6 is 0 Å². The molecule has 0 amide bonds. The van der Waals surface area contributed by atoms with E-state index in [1.807, 2.05) is 25.1 Å². The van der Waals surface area contributed by atoms with Crippen LogP contribution in [-0.4, -0.2) is 9.97 Å². The van der Waals surface area contributed by atoms with E-state index in [0.717, 1.165) is 16.8 Å². The second-order valence-electron chi connectivity index (χ2n) is 4.49. The summed E-state index contributed by atoms with van der Waals surface area (Å²) in [6, 6.07) is 5.65. The van der Waals surface area contributed by atoms with Crippen molar-refractivity contribution in [1.82, 2.24) is 9.97 Å². The molecule has 17 heavy (non-hydrogen) atoms. The highest BCUT2D eigenvalue weighted by Gasteiger charge is 2.08. The van der Waals surface area contributed by atoms with Gasteiger partial charge < -0.3 is 4.98 Å². The van der Waals surface area contributed by atoms with Gasteiger partial charge in [0.1, 0.15) is 0 Å². The van der Waals surface area contributed by atoms with Crippen LogP contribution in [0.25, 0.3) is 11.1 Å². The second-order valence-corrected chi connectivity index (χ2v) is 4.49. The van der Waals surface area contributed by atoms with Gasteiger partial charge >= 0.3 is 0 Å². The first-order chi connectivity index (χ1) is 8.09. The Bertz CT molecular complexity index is 585. The Morgan fingerprint density at radius 3 is 2.71 bits per heavy atom. The molecule has 3 nitrogen and oxygen atoms in total. The number of pyridine rings is 2. The molecule has 0 saturated carbocycles. The third-order valence-corrected chi connectivity index (χ3v) is 2.79. The van der Waals surface area contributed by atoms with Gasteiger partial charge in [-0.2, -0.15) is 0 Å². The summed E-state index contributed by atoms with van der Waals surface area (Å²) in [6.45, 7) is 6.26. The standard InChI is InChI=1S/C14H16N2O/c1-9(2)13-10(3)7-11(8-16-13)12-5-4-6-15-14(12)17/h4-9H,1-3H3,(H,15,17). The van der Waals surface area contributed by atoms with Gasteiger partial charge in [0, 0.05) is 29.2 Å². The maximum Gasteiger partial charge on any atom is 0.255 e. The number of H-pyrrole nitrogens is 1. The zero-order chi connectivity index (χ0) is 12.4. The highest BCUT2D eigenvalue weighted by atomic mass is 16.1. The van der Waals surface area contributed by atoms with Gasteiger partial charge in [0.2, 0.25) is 0 Å². The van der Waals surface area contributed by atoms with E-state index >= 15 is 0 Å². The molecule has 2 aromatic rings. The zero-order valence-corrected chi connectivity index (χ0v) is 10.3. The third-order valence-electron chi connectivity index (χ3n) is 2.79. The Morgan fingerprint density at radius 2 is 2.12 bits per heavy atom. The molecule has 0 radical (unpaired) electrons. The SMILES string of the molecule is Cc1cc(-c2ccc[nH]c2=O)cnc1C(C)C. The lowest BCUT2D eigenvalue weighted by Gasteiger charge is -2.09. The van der Waals surface area contributed by atoms with E-state index in [-0.39, 0.29) is 5.56 Å². The van der Waals surface area contributed by atoms with E-state index < -0.39 is 0 Å². The fourth-order valence-corrected chi connectivity index (χ4v) is 1.99. The molecule has 2 aromatic heterocycles. The number of hydrogen-bond acceptors (Lipinski definition) is 2. The summed E-state index contributed by atoms with van der Waals surface area (Å²) < 4.78 is 0. The molecule has 0 spiro atoms. The molecular formula is C14H16N2O. The van der Waals surface area contributed by atoms with Gasteiger partial charge in [-0.15, -0.1) is 0 Å². The van der Waals surface area contributed by atoms with Crippen molar-refractivity contribution in [2.45, 2.75) is 26.7 Å². The van der Waals surface area contributed by atoms with Gasteiger partial charge in [-0.25, -0.2) is 0 Å². The average Bonchev–Trinajstić information content (AvgIpc) is 2.29. The van der Waals surface area contributed by atoms with Crippen LogP contribution in [0.2, 0.25) is 0 Å². The molecule has 0 aliphatic heterocycles. The van der Waals surface area contributed by atoms with Crippen LogP contribution in [0.5, 0.6) is 0 Å². The van der Waals surface area contributed by atoms with Crippen molar-refractivity contribution < 1.29 is 0 Å². The van der Waals surface area contributed by atoms with Crippen LogP contribution < -0.4 is 5.56 Å². The lowest BCUT2D eigenvalue weighted by Crippen LogP contribution is -2.08. The maximum absolute atomic E-state index is 11.7. The molecule has 2 heterocycles. The van der Waals surface area contributed by atoms with Gasteiger partial charge in [0.05, 0.1) is 0 Å². The summed E-state index contributed by atoms with van der Waals surface area (Å²) in [5.74, 6) is 0.401. The van der Waals surface area contributed by atoms with Gasteiger partial charge in [-0.3, -0.25) is 9.78 Å². The summed E-state index contributed by atoms with van der Waals surface area (Å²) in [5, 5.41) is 0. The molecule has 0 saturated heterocycles. The Kier molecular flexibility index (Phi) is 3.09. The zero-order valence-electron chi connectivity index (χ0n) is 10.3. The van der Waals surface area contributed by atoms with Crippen LogP contribution in [0.15, 0.2) is 35.4 Å². The van der Waals surface area contributed by atoms with E-state index in [0.29, 0.717) is 11.5 Å². The number of nitrogens with zero attached hydrogens (tertiary/aromatic N) is 1. The maximum atomic E-state index is 11.7. The molecule has 3 heteroatoms. The fourth-order valence-electron chi connectivity index (χ4n) is 1.99. The van der Waals surface area contributed by atoms with Crippen molar-refractivity contribution in [3.8, 4) is 11.1 Å². The van der Waals surface area contributed by atoms with Crippen molar-refractivity contribution in [3.05, 3.63) is 52.2 Å². The van der Waals surface area contributed by atoms with Gasteiger partial charge in [-0.1, -0.05) is 13.8 Å². The number of aromatic amines is 1. The van der Waals surface area contributed by atoms with Crippen LogP contribution in [0, 0.1) is 6.92 Å². The van der Waals surface area contributed by atoms with E-state index in [2.05, 4.69) is 23.8 Å². The van der Waals surface area contributed by atoms with Crippen LogP contribution in [0.3, 0.4) is 0 Å². The predicted octanol–water partition coefficient (Wildman–Crippen LogP) is 2.87. The topological polar surface area (TPSA) is 45.8 Å². The smallest absolute Gasteiger partial charge is 0.255 e. The minimum Gasteiger partial charge on any atom is -0.329 e. The highest BCUT2D eigenvalue weighted by Crippen LogP contribution is 2.21. The molecule has 0 atom stereocenters. The van der Waals surface area contributed by atoms with Crippen LogP contribution in [0.1, 0.15) is 31.0 Å². The normalized spacial score (nSPS) is 10.8. The summed E-state index contributed by atoms with van der Waals surface area (Å²) in [5.41, 5.74) is 3.67. The van der Waals surface area contributed by atoms with Gasteiger partial charge in [0.25, 0.3) is 5.56 Å². The lowest BCUT2D eigenvalue weighted by atomic mass is 10.0. The van der Waals surface area contributed by atoms with Crippen LogP contribution in [0.4, 0.5) is 0 Å². The number of nitrogens with one attached hydrogen (secondary N) is 1. The first-order valence-electron chi connectivity index (χ1n) is 5.74. The quantitative estimate of drug-likeness (QED) is 0.859. The summed E-state index contributed by atoms with van der Waals surface area (Å²) in [6.07, 6.45) is 3.40. The largest absolute Gasteiger partial charge is 0.329 e. The van der Waals surface area contributed by atoms with Gasteiger partial charge in [-0.05, 0) is 36.6 Å². The summed E-state index contributed by atoms with van der Waals surface area (Å²) >= 11 is 0. The molecule has 0 bridgehead atoms. The predicted molar refractivity (Wildman–Crippen MR) is 69.1 cm³/mol. The minimum atomic E-state index is -0.0778. The van der Waals surface area contributed by atoms with E-state index in [1.54, 1.807) is 12.4 Å². The van der Waals surface area contributed by atoms with Crippen molar-refractivity contribution in [2.75, 3.05) is 0 Å². The first kappa shape index (κ1) is 11.6. The van der Waals surface area contributed by atoms with E-state index in [4.69, 9.17) is 0 Å². The minimum absolute atomic E-state index is 0.0778. The van der Waals surface area contributed by atoms with E-state index in [9.17, 15) is 4.79 Å². The Labute approximate surface area is 101 Å². The molecule has 0 aliphatic rings. The molecular weight excluding hydrogens is 212 g/mol. The van der Waals surface area contributed by atoms with Crippen molar-refractivity contribution >= 4 is 0 Å². The average molecular weight is 228 g/mol. The monoisotopic (exact) mass is 228 g/mol. The molecule has 0 unspecified atom stereocenters. The molecule has 2 rings (SSSR count). The lowest BCUT2D eigenvalue weighted by molar-refractivity contribution is 0.812. The molecule has 0 aliphatic carbocycles. The summed E-state index contributed by atoms with van der Waals surface area (Å²) in [4.78, 5) is 18.8. The molecule has 1 N–H and O–H groups in total. The number of rotatable bonds is 2. The van der Waals surface area contributed by atoms with E-state index in [1.165, 1.54) is 0 Å². The Balaban J connectivity index is 2.53. The second kappa shape index (κ2) is 4.53. The molecule has 0 fully saturated rings. The third kappa shape index (κ3) is 2.28. The summed E-state index contributed by atoms with van der Waals surface area (Å²) in [7, 11) is 0. The fraction of sp³-hybridized carbons (Fsp3) is 0.286. The first-order valence-corrected chi connectivity index (χ1v) is 5.74. The number of hydrogen-bond donors (Lipinski definition) is 1. The molecule has 88 valence electrons. The molecule has 0 aromatic carbocycles. The van der Waals surface area contributed by atoms with Crippen molar-refractivity contribution in [3.63, 3.8) is 0 Å². The number of aromatic nitrogens is 2. The van der Waals surface area contributed by atoms with Crippen LogP contribution in [-0.2, 0) is 0 Å².